The lowest BCUT2D eigenvalue weighted by Crippen LogP contribution is -2.03. The number of halogens is 1. The van der Waals surface area contributed by atoms with Crippen LogP contribution in [0.2, 0.25) is 0 Å². The van der Waals surface area contributed by atoms with E-state index in [9.17, 15) is 4.39 Å². The zero-order valence-corrected chi connectivity index (χ0v) is 8.65. The normalized spacial score (nSPS) is 10.1. The zero-order valence-electron chi connectivity index (χ0n) is 8.65. The second-order valence-electron chi connectivity index (χ2n) is 3.42. The van der Waals surface area contributed by atoms with E-state index in [1.807, 2.05) is 12.1 Å². The van der Waals surface area contributed by atoms with E-state index < -0.39 is 0 Å². The van der Waals surface area contributed by atoms with E-state index in [0.717, 1.165) is 11.3 Å². The Balaban J connectivity index is 2.02. The van der Waals surface area contributed by atoms with Crippen molar-refractivity contribution in [3.63, 3.8) is 0 Å². The fourth-order valence-corrected chi connectivity index (χ4v) is 1.37. The molecule has 1 aromatic carbocycles. The lowest BCUT2D eigenvalue weighted by molar-refractivity contribution is 0.627. The standard InChI is InChI=1S/C12H12FN3/c13-10-5-3-9(4-6-10)8-16-11-2-1-7-15-12(11)14/h1-7,16H,8H2,(H2,14,15). The molecule has 3 N–H and O–H groups in total. The van der Waals surface area contributed by atoms with Gasteiger partial charge in [-0.05, 0) is 29.8 Å². The van der Waals surface area contributed by atoms with Gasteiger partial charge in [0.25, 0.3) is 0 Å². The van der Waals surface area contributed by atoms with Crippen molar-refractivity contribution in [3.05, 3.63) is 54.0 Å². The predicted octanol–water partition coefficient (Wildman–Crippen LogP) is 2.42. The number of aromatic nitrogens is 1. The van der Waals surface area contributed by atoms with Gasteiger partial charge in [-0.1, -0.05) is 12.1 Å². The fourth-order valence-electron chi connectivity index (χ4n) is 1.37. The van der Waals surface area contributed by atoms with Crippen molar-refractivity contribution in [3.8, 4) is 0 Å². The Labute approximate surface area is 93.1 Å². The van der Waals surface area contributed by atoms with Gasteiger partial charge in [0.05, 0.1) is 5.69 Å². The number of anilines is 2. The molecule has 3 nitrogen and oxygen atoms in total. The smallest absolute Gasteiger partial charge is 0.146 e. The van der Waals surface area contributed by atoms with Crippen LogP contribution in [0.15, 0.2) is 42.6 Å². The van der Waals surface area contributed by atoms with E-state index in [4.69, 9.17) is 5.73 Å². The topological polar surface area (TPSA) is 50.9 Å². The molecule has 0 unspecified atom stereocenters. The lowest BCUT2D eigenvalue weighted by Gasteiger charge is -2.07. The maximum absolute atomic E-state index is 12.7. The van der Waals surface area contributed by atoms with Gasteiger partial charge in [0.15, 0.2) is 0 Å². The number of pyridine rings is 1. The number of benzene rings is 1. The second-order valence-corrected chi connectivity index (χ2v) is 3.42. The third-order valence-corrected chi connectivity index (χ3v) is 2.23. The van der Waals surface area contributed by atoms with Crippen LogP contribution in [-0.4, -0.2) is 4.98 Å². The molecule has 0 atom stereocenters. The molecule has 16 heavy (non-hydrogen) atoms. The SMILES string of the molecule is Nc1ncccc1NCc1ccc(F)cc1. The summed E-state index contributed by atoms with van der Waals surface area (Å²) < 4.78 is 12.7. The number of nitrogens with zero attached hydrogens (tertiary/aromatic N) is 1. The highest BCUT2D eigenvalue weighted by Crippen LogP contribution is 2.15. The van der Waals surface area contributed by atoms with Crippen molar-refractivity contribution in [2.24, 2.45) is 0 Å². The Kier molecular flexibility index (Phi) is 3.00. The molecule has 0 aliphatic rings. The average Bonchev–Trinajstić information content (AvgIpc) is 2.30. The highest BCUT2D eigenvalue weighted by Gasteiger charge is 1.98. The number of rotatable bonds is 3. The fraction of sp³-hybridized carbons (Fsp3) is 0.0833. The van der Waals surface area contributed by atoms with Gasteiger partial charge < -0.3 is 11.1 Å². The molecule has 0 saturated heterocycles. The monoisotopic (exact) mass is 217 g/mol. The van der Waals surface area contributed by atoms with E-state index in [-0.39, 0.29) is 5.82 Å². The summed E-state index contributed by atoms with van der Waals surface area (Å²) in [6, 6.07) is 9.99. The van der Waals surface area contributed by atoms with Gasteiger partial charge in [0.2, 0.25) is 0 Å². The molecule has 1 aromatic heterocycles. The summed E-state index contributed by atoms with van der Waals surface area (Å²) in [6.45, 7) is 0.593. The Morgan fingerprint density at radius 2 is 1.94 bits per heavy atom. The van der Waals surface area contributed by atoms with Crippen LogP contribution >= 0.6 is 0 Å². The van der Waals surface area contributed by atoms with Crippen LogP contribution in [0.4, 0.5) is 15.9 Å². The van der Waals surface area contributed by atoms with E-state index >= 15 is 0 Å². The van der Waals surface area contributed by atoms with Crippen molar-refractivity contribution < 1.29 is 4.39 Å². The maximum atomic E-state index is 12.7. The first-order valence-corrected chi connectivity index (χ1v) is 4.94. The highest BCUT2D eigenvalue weighted by atomic mass is 19.1. The van der Waals surface area contributed by atoms with Crippen molar-refractivity contribution in [1.82, 2.24) is 4.98 Å². The van der Waals surface area contributed by atoms with Crippen LogP contribution in [0, 0.1) is 5.82 Å². The average molecular weight is 217 g/mol. The van der Waals surface area contributed by atoms with Gasteiger partial charge in [0.1, 0.15) is 11.6 Å². The summed E-state index contributed by atoms with van der Waals surface area (Å²) in [5.74, 6) is 0.231. The van der Waals surface area contributed by atoms with Crippen LogP contribution < -0.4 is 11.1 Å². The van der Waals surface area contributed by atoms with Crippen LogP contribution in [0.25, 0.3) is 0 Å². The van der Waals surface area contributed by atoms with E-state index in [0.29, 0.717) is 12.4 Å². The molecule has 0 aliphatic carbocycles. The minimum atomic E-state index is -0.232. The Hall–Kier alpha value is -2.10. The van der Waals surface area contributed by atoms with Crippen molar-refractivity contribution in [2.75, 3.05) is 11.1 Å². The zero-order chi connectivity index (χ0) is 11.4. The molecular formula is C12H12FN3. The van der Waals surface area contributed by atoms with Crippen LogP contribution in [-0.2, 0) is 6.54 Å². The Morgan fingerprint density at radius 3 is 2.62 bits per heavy atom. The van der Waals surface area contributed by atoms with Gasteiger partial charge in [-0.25, -0.2) is 9.37 Å². The molecule has 4 heteroatoms. The first kappa shape index (κ1) is 10.4. The maximum Gasteiger partial charge on any atom is 0.146 e. The molecule has 0 amide bonds. The summed E-state index contributed by atoms with van der Waals surface area (Å²) in [5.41, 5.74) is 7.45. The minimum absolute atomic E-state index is 0.232. The minimum Gasteiger partial charge on any atom is -0.382 e. The van der Waals surface area contributed by atoms with Gasteiger partial charge in [-0.2, -0.15) is 0 Å². The number of nitrogen functional groups attached to an aromatic ring is 1. The Bertz CT molecular complexity index is 468. The van der Waals surface area contributed by atoms with Gasteiger partial charge in [-0.15, -0.1) is 0 Å². The number of nitrogens with two attached hydrogens (primary N) is 1. The van der Waals surface area contributed by atoms with Gasteiger partial charge in [0, 0.05) is 12.7 Å². The summed E-state index contributed by atoms with van der Waals surface area (Å²) in [5, 5.41) is 3.14. The molecule has 0 fully saturated rings. The van der Waals surface area contributed by atoms with Crippen molar-refractivity contribution >= 4 is 11.5 Å². The third kappa shape index (κ3) is 2.48. The number of hydrogen-bond donors (Lipinski definition) is 2. The van der Waals surface area contributed by atoms with Gasteiger partial charge >= 0.3 is 0 Å². The Morgan fingerprint density at radius 1 is 1.19 bits per heavy atom. The molecule has 0 bridgehead atoms. The molecule has 2 aromatic rings. The number of hydrogen-bond acceptors (Lipinski definition) is 3. The molecule has 0 spiro atoms. The largest absolute Gasteiger partial charge is 0.382 e. The first-order chi connectivity index (χ1) is 7.75. The predicted molar refractivity (Wildman–Crippen MR) is 62.4 cm³/mol. The van der Waals surface area contributed by atoms with Gasteiger partial charge in [-0.3, -0.25) is 0 Å². The number of nitrogens with one attached hydrogen (secondary N) is 1. The highest BCUT2D eigenvalue weighted by molar-refractivity contribution is 5.60. The summed E-state index contributed by atoms with van der Waals surface area (Å²) >= 11 is 0. The van der Waals surface area contributed by atoms with Crippen LogP contribution in [0.1, 0.15) is 5.56 Å². The molecule has 82 valence electrons. The molecule has 0 aliphatic heterocycles. The van der Waals surface area contributed by atoms with Crippen LogP contribution in [0.5, 0.6) is 0 Å². The second kappa shape index (κ2) is 4.61. The summed E-state index contributed by atoms with van der Waals surface area (Å²) in [4.78, 5) is 3.96. The molecule has 0 saturated carbocycles. The quantitative estimate of drug-likeness (QED) is 0.830. The van der Waals surface area contributed by atoms with E-state index in [1.165, 1.54) is 12.1 Å². The lowest BCUT2D eigenvalue weighted by atomic mass is 10.2. The molecule has 1 heterocycles. The third-order valence-electron chi connectivity index (χ3n) is 2.23. The van der Waals surface area contributed by atoms with E-state index in [1.54, 1.807) is 18.3 Å². The molecular weight excluding hydrogens is 205 g/mol. The van der Waals surface area contributed by atoms with E-state index in [2.05, 4.69) is 10.3 Å². The molecule has 2 rings (SSSR count). The van der Waals surface area contributed by atoms with Crippen molar-refractivity contribution in [1.29, 1.82) is 0 Å². The van der Waals surface area contributed by atoms with Crippen LogP contribution in [0.3, 0.4) is 0 Å². The first-order valence-electron chi connectivity index (χ1n) is 4.94. The van der Waals surface area contributed by atoms with Crippen molar-refractivity contribution in [2.45, 2.75) is 6.54 Å². The molecule has 0 radical (unpaired) electrons. The summed E-state index contributed by atoms with van der Waals surface area (Å²) in [7, 11) is 0. The summed E-state index contributed by atoms with van der Waals surface area (Å²) in [6.07, 6.45) is 1.64.